The maximum absolute atomic E-state index is 12.8. The summed E-state index contributed by atoms with van der Waals surface area (Å²) in [5.41, 5.74) is 3.54. The molecule has 0 aromatic heterocycles. The van der Waals surface area contributed by atoms with Gasteiger partial charge in [-0.05, 0) is 43.3 Å². The Morgan fingerprint density at radius 1 is 1.12 bits per heavy atom. The van der Waals surface area contributed by atoms with E-state index in [4.69, 9.17) is 11.6 Å². The number of halogens is 2. The van der Waals surface area contributed by atoms with Gasteiger partial charge in [-0.25, -0.2) is 9.82 Å². The number of hydrogen-bond donors (Lipinski definition) is 2. The summed E-state index contributed by atoms with van der Waals surface area (Å²) in [5, 5.41) is 6.80. The lowest BCUT2D eigenvalue weighted by molar-refractivity contribution is -0.115. The zero-order valence-corrected chi connectivity index (χ0v) is 13.6. The van der Waals surface area contributed by atoms with E-state index < -0.39 is 5.91 Å². The fourth-order valence-corrected chi connectivity index (χ4v) is 2.08. The Morgan fingerprint density at radius 3 is 2.46 bits per heavy atom. The average molecular weight is 348 g/mol. The van der Waals surface area contributed by atoms with Crippen LogP contribution in [-0.2, 0) is 4.79 Å². The summed E-state index contributed by atoms with van der Waals surface area (Å²) in [6.07, 6.45) is -0.0137. The van der Waals surface area contributed by atoms with Gasteiger partial charge in [0, 0.05) is 11.4 Å². The molecule has 2 aromatic rings. The summed E-state index contributed by atoms with van der Waals surface area (Å²) in [7, 11) is 0. The Hall–Kier alpha value is -2.73. The van der Waals surface area contributed by atoms with E-state index in [1.165, 1.54) is 24.3 Å². The molecule has 2 amide bonds. The first-order chi connectivity index (χ1) is 11.5. The van der Waals surface area contributed by atoms with Gasteiger partial charge in [0.05, 0.1) is 17.0 Å². The minimum Gasteiger partial charge on any atom is -0.326 e. The van der Waals surface area contributed by atoms with E-state index >= 15 is 0 Å². The van der Waals surface area contributed by atoms with Gasteiger partial charge in [-0.1, -0.05) is 23.7 Å². The van der Waals surface area contributed by atoms with Crippen LogP contribution in [0.2, 0.25) is 5.02 Å². The maximum atomic E-state index is 12.8. The fraction of sp³-hybridized carbons (Fsp3) is 0.118. The van der Waals surface area contributed by atoms with Crippen molar-refractivity contribution >= 4 is 34.8 Å². The molecule has 2 aromatic carbocycles. The Kier molecular flexibility index (Phi) is 6.03. The van der Waals surface area contributed by atoms with Gasteiger partial charge in [0.15, 0.2) is 0 Å². The quantitative estimate of drug-likeness (QED) is 0.640. The molecule has 0 bridgehead atoms. The van der Waals surface area contributed by atoms with E-state index in [1.54, 1.807) is 31.2 Å². The van der Waals surface area contributed by atoms with Gasteiger partial charge in [-0.3, -0.25) is 9.59 Å². The smallest absolute Gasteiger partial charge is 0.272 e. The topological polar surface area (TPSA) is 70.6 Å². The molecule has 5 nitrogen and oxygen atoms in total. The van der Waals surface area contributed by atoms with Crippen molar-refractivity contribution in [2.24, 2.45) is 5.10 Å². The largest absolute Gasteiger partial charge is 0.326 e. The molecule has 0 heterocycles. The van der Waals surface area contributed by atoms with Gasteiger partial charge < -0.3 is 5.32 Å². The lowest BCUT2D eigenvalue weighted by Gasteiger charge is -2.06. The number of nitrogens with one attached hydrogen (secondary N) is 2. The van der Waals surface area contributed by atoms with E-state index in [9.17, 15) is 14.0 Å². The molecular formula is C17H15ClFN3O2. The molecule has 0 saturated carbocycles. The second kappa shape index (κ2) is 8.21. The first-order valence-corrected chi connectivity index (χ1v) is 7.47. The number of hydrogen-bond acceptors (Lipinski definition) is 3. The van der Waals surface area contributed by atoms with Crippen LogP contribution in [0.3, 0.4) is 0 Å². The summed E-state index contributed by atoms with van der Waals surface area (Å²) in [6, 6.07) is 12.0. The van der Waals surface area contributed by atoms with Gasteiger partial charge in [-0.15, -0.1) is 0 Å². The van der Waals surface area contributed by atoms with Crippen molar-refractivity contribution in [2.75, 3.05) is 5.32 Å². The molecule has 0 radical (unpaired) electrons. The molecule has 2 rings (SSSR count). The van der Waals surface area contributed by atoms with Crippen LogP contribution in [0, 0.1) is 5.82 Å². The Balaban J connectivity index is 1.89. The zero-order chi connectivity index (χ0) is 17.5. The number of nitrogens with zero attached hydrogens (tertiary/aromatic N) is 1. The molecule has 0 aliphatic rings. The summed E-state index contributed by atoms with van der Waals surface area (Å²) < 4.78 is 12.8. The third kappa shape index (κ3) is 5.17. The SMILES string of the molecule is C/C(CC(=O)Nc1ccc(F)cc1)=N\NC(=O)c1ccccc1Cl. The van der Waals surface area contributed by atoms with Gasteiger partial charge in [0.1, 0.15) is 5.82 Å². The monoisotopic (exact) mass is 347 g/mol. The highest BCUT2D eigenvalue weighted by Crippen LogP contribution is 2.14. The van der Waals surface area contributed by atoms with Crippen LogP contribution < -0.4 is 10.7 Å². The van der Waals surface area contributed by atoms with E-state index in [1.807, 2.05) is 0 Å². The van der Waals surface area contributed by atoms with Crippen LogP contribution in [-0.4, -0.2) is 17.5 Å². The van der Waals surface area contributed by atoms with Crippen LogP contribution in [0.15, 0.2) is 53.6 Å². The molecular weight excluding hydrogens is 333 g/mol. The standard InChI is InChI=1S/C17H15ClFN3O2/c1-11(10-16(23)20-13-8-6-12(19)7-9-13)21-22-17(24)14-4-2-3-5-15(14)18/h2-9H,10H2,1H3,(H,20,23)(H,22,24)/b21-11+. The summed E-state index contributed by atoms with van der Waals surface area (Å²) in [6.45, 7) is 1.61. The predicted octanol–water partition coefficient (Wildman–Crippen LogP) is 3.61. The van der Waals surface area contributed by atoms with Gasteiger partial charge in [0.2, 0.25) is 5.91 Å². The molecule has 124 valence electrons. The second-order valence-electron chi connectivity index (χ2n) is 5.00. The normalized spacial score (nSPS) is 11.0. The lowest BCUT2D eigenvalue weighted by Crippen LogP contribution is -2.21. The highest BCUT2D eigenvalue weighted by Gasteiger charge is 2.09. The number of hydrazone groups is 1. The van der Waals surface area contributed by atoms with Crippen molar-refractivity contribution in [2.45, 2.75) is 13.3 Å². The third-order valence-corrected chi connectivity index (χ3v) is 3.34. The summed E-state index contributed by atoms with van der Waals surface area (Å²) in [5.74, 6) is -1.17. The molecule has 24 heavy (non-hydrogen) atoms. The van der Waals surface area contributed by atoms with E-state index in [2.05, 4.69) is 15.8 Å². The lowest BCUT2D eigenvalue weighted by atomic mass is 10.2. The third-order valence-electron chi connectivity index (χ3n) is 3.01. The van der Waals surface area contributed by atoms with Gasteiger partial charge in [-0.2, -0.15) is 5.10 Å². The Bertz CT molecular complexity index is 776. The Labute approximate surface area is 143 Å². The van der Waals surface area contributed by atoms with Crippen LogP contribution in [0.5, 0.6) is 0 Å². The molecule has 7 heteroatoms. The number of amides is 2. The van der Waals surface area contributed by atoms with E-state index in [0.29, 0.717) is 22.0 Å². The molecule has 0 aliphatic heterocycles. The number of carbonyl (C=O) groups excluding carboxylic acids is 2. The predicted molar refractivity (Wildman–Crippen MR) is 91.7 cm³/mol. The molecule has 0 fully saturated rings. The maximum Gasteiger partial charge on any atom is 0.272 e. The average Bonchev–Trinajstić information content (AvgIpc) is 2.55. The second-order valence-corrected chi connectivity index (χ2v) is 5.41. The molecule has 0 aliphatic carbocycles. The first-order valence-electron chi connectivity index (χ1n) is 7.09. The van der Waals surface area contributed by atoms with Crippen molar-refractivity contribution in [1.82, 2.24) is 5.43 Å². The van der Waals surface area contributed by atoms with Gasteiger partial charge >= 0.3 is 0 Å². The van der Waals surface area contributed by atoms with Crippen LogP contribution in [0.1, 0.15) is 23.7 Å². The van der Waals surface area contributed by atoms with Crippen LogP contribution in [0.4, 0.5) is 10.1 Å². The van der Waals surface area contributed by atoms with Crippen molar-refractivity contribution in [3.63, 3.8) is 0 Å². The molecule has 0 saturated heterocycles. The number of rotatable bonds is 5. The molecule has 0 atom stereocenters. The molecule has 0 unspecified atom stereocenters. The minimum atomic E-state index is -0.459. The van der Waals surface area contributed by atoms with E-state index in [-0.39, 0.29) is 18.1 Å². The fourth-order valence-electron chi connectivity index (χ4n) is 1.86. The number of carbonyl (C=O) groups is 2. The zero-order valence-electron chi connectivity index (χ0n) is 12.8. The Morgan fingerprint density at radius 2 is 1.79 bits per heavy atom. The van der Waals surface area contributed by atoms with Crippen LogP contribution >= 0.6 is 11.6 Å². The number of anilines is 1. The summed E-state index contributed by atoms with van der Waals surface area (Å²) in [4.78, 5) is 23.8. The molecule has 0 spiro atoms. The highest BCUT2D eigenvalue weighted by atomic mass is 35.5. The van der Waals surface area contributed by atoms with Crippen molar-refractivity contribution < 1.29 is 14.0 Å². The minimum absolute atomic E-state index is 0.0137. The van der Waals surface area contributed by atoms with Crippen LogP contribution in [0.25, 0.3) is 0 Å². The summed E-state index contributed by atoms with van der Waals surface area (Å²) >= 11 is 5.92. The van der Waals surface area contributed by atoms with Gasteiger partial charge in [0.25, 0.3) is 5.91 Å². The van der Waals surface area contributed by atoms with Crippen molar-refractivity contribution in [3.05, 3.63) is 64.9 Å². The van der Waals surface area contributed by atoms with Crippen molar-refractivity contribution in [3.8, 4) is 0 Å². The highest BCUT2D eigenvalue weighted by molar-refractivity contribution is 6.33. The van der Waals surface area contributed by atoms with Crippen molar-refractivity contribution in [1.29, 1.82) is 0 Å². The first kappa shape index (κ1) is 17.6. The van der Waals surface area contributed by atoms with E-state index in [0.717, 1.165) is 0 Å². The molecule has 2 N–H and O–H groups in total. The number of benzene rings is 2.